The van der Waals surface area contributed by atoms with E-state index in [9.17, 15) is 22.0 Å². The van der Waals surface area contributed by atoms with E-state index in [0.717, 1.165) is 30.4 Å². The topological polar surface area (TPSA) is 80.7 Å². The molecule has 20 heavy (non-hydrogen) atoms. The zero-order chi connectivity index (χ0) is 15.0. The maximum Gasteiger partial charge on any atom is 0.402 e. The van der Waals surface area contributed by atoms with Crippen molar-refractivity contribution in [1.29, 1.82) is 0 Å². The number of aryl methyl sites for hydroxylation is 2. The molecule has 0 bridgehead atoms. The van der Waals surface area contributed by atoms with Crippen LogP contribution in [-0.2, 0) is 27.7 Å². The monoisotopic (exact) mass is 306 g/mol. The third kappa shape index (κ3) is 2.96. The van der Waals surface area contributed by atoms with E-state index in [4.69, 9.17) is 4.55 Å². The van der Waals surface area contributed by atoms with Gasteiger partial charge >= 0.3 is 21.3 Å². The summed E-state index contributed by atoms with van der Waals surface area (Å²) in [5, 5.41) is -4.51. The summed E-state index contributed by atoms with van der Waals surface area (Å²) >= 11 is 0. The fourth-order valence-electron chi connectivity index (χ4n) is 2.01. The zero-order valence-corrected chi connectivity index (χ0v) is 11.1. The van der Waals surface area contributed by atoms with Gasteiger partial charge in [0.25, 0.3) is 0 Å². The predicted molar refractivity (Wildman–Crippen MR) is 65.2 cm³/mol. The SMILES string of the molecule is O=C(OCC(F)(F)S(=O)(=O)O)c1ccc2c(c1)CCC2. The molecule has 0 amide bonds. The number of fused-ring (bicyclic) bond motifs is 1. The van der Waals surface area contributed by atoms with Crippen molar-refractivity contribution in [2.45, 2.75) is 24.5 Å². The predicted octanol–water partition coefficient (Wildman–Crippen LogP) is 1.81. The van der Waals surface area contributed by atoms with E-state index in [1.165, 1.54) is 6.07 Å². The van der Waals surface area contributed by atoms with Crippen LogP contribution < -0.4 is 0 Å². The fraction of sp³-hybridized carbons (Fsp3) is 0.417. The average molecular weight is 306 g/mol. The lowest BCUT2D eigenvalue weighted by atomic mass is 10.1. The molecule has 0 aromatic heterocycles. The molecule has 110 valence electrons. The minimum absolute atomic E-state index is 0.0804. The summed E-state index contributed by atoms with van der Waals surface area (Å²) in [6.07, 6.45) is 2.68. The van der Waals surface area contributed by atoms with Crippen molar-refractivity contribution in [3.63, 3.8) is 0 Å². The van der Waals surface area contributed by atoms with E-state index in [-0.39, 0.29) is 5.56 Å². The molecule has 1 aromatic rings. The molecule has 1 aliphatic carbocycles. The van der Waals surface area contributed by atoms with Crippen LogP contribution in [0.3, 0.4) is 0 Å². The van der Waals surface area contributed by atoms with Gasteiger partial charge in [-0.15, -0.1) is 0 Å². The maximum absolute atomic E-state index is 12.9. The summed E-state index contributed by atoms with van der Waals surface area (Å²) in [4.78, 5) is 11.6. The summed E-state index contributed by atoms with van der Waals surface area (Å²) in [6, 6.07) is 4.72. The van der Waals surface area contributed by atoms with Crippen molar-refractivity contribution >= 4 is 16.1 Å². The smallest absolute Gasteiger partial charge is 0.402 e. The second-order valence-electron chi connectivity index (χ2n) is 4.53. The maximum atomic E-state index is 12.9. The van der Waals surface area contributed by atoms with Crippen LogP contribution in [0.15, 0.2) is 18.2 Å². The molecule has 1 aromatic carbocycles. The first-order chi connectivity index (χ1) is 9.21. The van der Waals surface area contributed by atoms with Gasteiger partial charge in [-0.1, -0.05) is 6.07 Å². The minimum Gasteiger partial charge on any atom is -0.454 e. The molecule has 1 N–H and O–H groups in total. The Labute approximate surface area is 114 Å². The van der Waals surface area contributed by atoms with Gasteiger partial charge in [0, 0.05) is 0 Å². The number of carbonyl (C=O) groups excluding carboxylic acids is 1. The Morgan fingerprint density at radius 1 is 1.30 bits per heavy atom. The molecule has 0 heterocycles. The molecule has 0 spiro atoms. The van der Waals surface area contributed by atoms with E-state index in [1.54, 1.807) is 12.1 Å². The Hall–Kier alpha value is -1.54. The second-order valence-corrected chi connectivity index (χ2v) is 6.07. The van der Waals surface area contributed by atoms with Gasteiger partial charge in [0.15, 0.2) is 6.61 Å². The summed E-state index contributed by atoms with van der Waals surface area (Å²) in [6.45, 7) is -1.72. The Balaban J connectivity index is 2.06. The van der Waals surface area contributed by atoms with Crippen molar-refractivity contribution < 1.29 is 31.3 Å². The van der Waals surface area contributed by atoms with Gasteiger partial charge in [-0.2, -0.15) is 17.2 Å². The highest BCUT2D eigenvalue weighted by Gasteiger charge is 2.45. The number of hydrogen-bond acceptors (Lipinski definition) is 4. The molecule has 0 aliphatic heterocycles. The van der Waals surface area contributed by atoms with Gasteiger partial charge in [-0.25, -0.2) is 4.79 Å². The first-order valence-corrected chi connectivity index (χ1v) is 7.28. The molecule has 2 rings (SSSR count). The van der Waals surface area contributed by atoms with E-state index in [1.807, 2.05) is 0 Å². The Kier molecular flexibility index (Phi) is 3.79. The number of ether oxygens (including phenoxy) is 1. The summed E-state index contributed by atoms with van der Waals surface area (Å²) in [7, 11) is -5.60. The van der Waals surface area contributed by atoms with Gasteiger partial charge in [0.2, 0.25) is 0 Å². The normalized spacial score (nSPS) is 14.9. The minimum atomic E-state index is -5.60. The first-order valence-electron chi connectivity index (χ1n) is 5.84. The van der Waals surface area contributed by atoms with Crippen molar-refractivity contribution in [2.24, 2.45) is 0 Å². The number of esters is 1. The number of halogens is 2. The fourth-order valence-corrected chi connectivity index (χ4v) is 2.21. The van der Waals surface area contributed by atoms with E-state index in [0.29, 0.717) is 0 Å². The Morgan fingerprint density at radius 2 is 1.95 bits per heavy atom. The van der Waals surface area contributed by atoms with Crippen LogP contribution in [0.2, 0.25) is 0 Å². The number of benzene rings is 1. The molecule has 1 aliphatic rings. The molecule has 8 heteroatoms. The van der Waals surface area contributed by atoms with Crippen molar-refractivity contribution in [2.75, 3.05) is 6.61 Å². The molecule has 5 nitrogen and oxygen atoms in total. The third-order valence-electron chi connectivity index (χ3n) is 3.08. The van der Waals surface area contributed by atoms with E-state index in [2.05, 4.69) is 4.74 Å². The number of carbonyl (C=O) groups is 1. The quantitative estimate of drug-likeness (QED) is 0.678. The summed E-state index contributed by atoms with van der Waals surface area (Å²) in [5.74, 6) is -1.05. The van der Waals surface area contributed by atoms with Gasteiger partial charge in [0.1, 0.15) is 0 Å². The molecule has 0 fully saturated rings. The van der Waals surface area contributed by atoms with Gasteiger partial charge in [-0.05, 0) is 42.5 Å². The highest BCUT2D eigenvalue weighted by atomic mass is 32.2. The highest BCUT2D eigenvalue weighted by molar-refractivity contribution is 7.86. The highest BCUT2D eigenvalue weighted by Crippen LogP contribution is 2.24. The van der Waals surface area contributed by atoms with E-state index < -0.39 is 27.9 Å². The average Bonchev–Trinajstić information content (AvgIpc) is 2.81. The lowest BCUT2D eigenvalue weighted by Crippen LogP contribution is -2.34. The van der Waals surface area contributed by atoms with Crippen LogP contribution in [0.1, 0.15) is 27.9 Å². The van der Waals surface area contributed by atoms with Crippen LogP contribution in [0.25, 0.3) is 0 Å². The molecule has 0 unspecified atom stereocenters. The Morgan fingerprint density at radius 3 is 2.60 bits per heavy atom. The molecule has 0 radical (unpaired) electrons. The van der Waals surface area contributed by atoms with Crippen LogP contribution in [0.5, 0.6) is 0 Å². The van der Waals surface area contributed by atoms with Crippen LogP contribution in [-0.4, -0.2) is 30.8 Å². The van der Waals surface area contributed by atoms with Crippen molar-refractivity contribution in [3.8, 4) is 0 Å². The lowest BCUT2D eigenvalue weighted by molar-refractivity contribution is -0.00951. The van der Waals surface area contributed by atoms with Crippen LogP contribution in [0, 0.1) is 0 Å². The molecule has 0 saturated heterocycles. The molecular weight excluding hydrogens is 294 g/mol. The van der Waals surface area contributed by atoms with Crippen LogP contribution in [0.4, 0.5) is 8.78 Å². The lowest BCUT2D eigenvalue weighted by Gasteiger charge is -2.13. The molecular formula is C12H12F2O5S. The number of hydrogen-bond donors (Lipinski definition) is 1. The van der Waals surface area contributed by atoms with Crippen LogP contribution >= 0.6 is 0 Å². The second kappa shape index (κ2) is 5.10. The van der Waals surface area contributed by atoms with Gasteiger partial charge in [0.05, 0.1) is 5.56 Å². The van der Waals surface area contributed by atoms with Crippen molar-refractivity contribution in [3.05, 3.63) is 34.9 Å². The summed E-state index contributed by atoms with van der Waals surface area (Å²) < 4.78 is 59.1. The number of rotatable bonds is 4. The number of alkyl halides is 2. The van der Waals surface area contributed by atoms with Gasteiger partial charge in [-0.3, -0.25) is 4.55 Å². The van der Waals surface area contributed by atoms with Gasteiger partial charge < -0.3 is 4.74 Å². The van der Waals surface area contributed by atoms with Crippen molar-refractivity contribution in [1.82, 2.24) is 0 Å². The molecule has 0 atom stereocenters. The molecule has 0 saturated carbocycles. The standard InChI is InChI=1S/C12H12F2O5S/c13-12(14,20(16,17)18)7-19-11(15)10-5-4-8-2-1-3-9(8)6-10/h4-6H,1-3,7H2,(H,16,17,18). The summed E-state index contributed by atoms with van der Waals surface area (Å²) in [5.41, 5.74) is 2.14. The largest absolute Gasteiger partial charge is 0.454 e. The first kappa shape index (κ1) is 14.9. The third-order valence-corrected chi connectivity index (χ3v) is 3.96. The zero-order valence-electron chi connectivity index (χ0n) is 10.3. The van der Waals surface area contributed by atoms with E-state index >= 15 is 0 Å². The Bertz CT molecular complexity index is 639.